The van der Waals surface area contributed by atoms with Crippen molar-refractivity contribution in [3.8, 4) is 12.5 Å². The van der Waals surface area contributed by atoms with Crippen LogP contribution in [-0.2, 0) is 6.54 Å². The molecular weight excluding hydrogens is 370 g/mol. The minimum Gasteiger partial charge on any atom is -0.388 e. The Morgan fingerprint density at radius 3 is 2.50 bits per heavy atom. The number of nitrogens with zero attached hydrogens (tertiary/aromatic N) is 3. The number of aromatic amines is 1. The van der Waals surface area contributed by atoms with Crippen LogP contribution in [0.5, 0.6) is 0 Å². The van der Waals surface area contributed by atoms with E-state index in [1.165, 1.54) is 33.4 Å². The third-order valence-corrected chi connectivity index (χ3v) is 5.22. The van der Waals surface area contributed by atoms with Gasteiger partial charge in [0.25, 0.3) is 0 Å². The first-order valence-electron chi connectivity index (χ1n) is 10.1. The molecule has 0 fully saturated rings. The lowest BCUT2D eigenvalue weighted by molar-refractivity contribution is 0.415. The van der Waals surface area contributed by atoms with Crippen molar-refractivity contribution in [2.24, 2.45) is 10.8 Å². The Balaban J connectivity index is 1.62. The Bertz CT molecular complexity index is 1190. The van der Waals surface area contributed by atoms with E-state index in [1.807, 2.05) is 6.07 Å². The molecule has 0 saturated carbocycles. The molecule has 0 amide bonds. The van der Waals surface area contributed by atoms with Crippen LogP contribution in [0, 0.1) is 12.5 Å². The van der Waals surface area contributed by atoms with Crippen LogP contribution >= 0.6 is 0 Å². The quantitative estimate of drug-likeness (QED) is 0.152. The predicted molar refractivity (Wildman–Crippen MR) is 126 cm³/mol. The van der Waals surface area contributed by atoms with Gasteiger partial charge in [-0.1, -0.05) is 55.0 Å². The average molecular weight is 396 g/mol. The number of hydrazone groups is 1. The fourth-order valence-corrected chi connectivity index (χ4v) is 3.78. The maximum atomic E-state index is 5.50. The third kappa shape index (κ3) is 4.23. The molecule has 3 N–H and O–H groups in total. The van der Waals surface area contributed by atoms with Crippen LogP contribution in [0.25, 0.3) is 21.8 Å². The van der Waals surface area contributed by atoms with E-state index >= 15 is 0 Å². The third-order valence-electron chi connectivity index (χ3n) is 5.22. The van der Waals surface area contributed by atoms with E-state index < -0.39 is 0 Å². The zero-order chi connectivity index (χ0) is 20.8. The number of para-hydroxylation sites is 1. The second-order valence-corrected chi connectivity index (χ2v) is 7.18. The maximum Gasteiger partial charge on any atom is 0.107 e. The van der Waals surface area contributed by atoms with Crippen molar-refractivity contribution >= 4 is 33.8 Å². The van der Waals surface area contributed by atoms with Gasteiger partial charge in [0.15, 0.2) is 0 Å². The fraction of sp³-hybridized carbons (Fsp3) is 0.160. The monoisotopic (exact) mass is 395 g/mol. The van der Waals surface area contributed by atoms with Gasteiger partial charge in [0.2, 0.25) is 0 Å². The van der Waals surface area contributed by atoms with Crippen molar-refractivity contribution in [1.82, 2.24) is 9.99 Å². The molecule has 150 valence electrons. The number of aromatic nitrogens is 1. The molecule has 1 heterocycles. The van der Waals surface area contributed by atoms with E-state index in [4.69, 9.17) is 12.2 Å². The number of nitrogens with one attached hydrogen (secondary N) is 1. The zero-order valence-electron chi connectivity index (χ0n) is 16.8. The highest BCUT2D eigenvalue weighted by molar-refractivity contribution is 6.08. The summed E-state index contributed by atoms with van der Waals surface area (Å²) in [4.78, 5) is 5.88. The summed E-state index contributed by atoms with van der Waals surface area (Å²) in [5.74, 6) is 0. The molecule has 4 rings (SSSR count). The average Bonchev–Trinajstić information content (AvgIpc) is 3.16. The number of rotatable bonds is 8. The van der Waals surface area contributed by atoms with Gasteiger partial charge in [0.1, 0.15) is 6.34 Å². The normalized spacial score (nSPS) is 11.2. The molecule has 3 aromatic carbocycles. The largest absolute Gasteiger partial charge is 0.388 e. The Morgan fingerprint density at radius 2 is 1.70 bits per heavy atom. The van der Waals surface area contributed by atoms with E-state index in [-0.39, 0.29) is 0 Å². The van der Waals surface area contributed by atoms with Gasteiger partial charge in [-0.25, -0.2) is 5.01 Å². The number of hydrogen-bond acceptors (Lipinski definition) is 3. The molecule has 0 aliphatic carbocycles. The molecular formula is C25H25N5. The lowest BCUT2D eigenvalue weighted by Crippen LogP contribution is -2.26. The lowest BCUT2D eigenvalue weighted by atomic mass is 10.1. The van der Waals surface area contributed by atoms with Gasteiger partial charge in [0, 0.05) is 46.6 Å². The summed E-state index contributed by atoms with van der Waals surface area (Å²) in [6, 6.07) is 28.1. The maximum absolute atomic E-state index is 5.50. The van der Waals surface area contributed by atoms with E-state index in [9.17, 15) is 0 Å². The summed E-state index contributed by atoms with van der Waals surface area (Å²) in [7, 11) is 0. The van der Waals surface area contributed by atoms with Gasteiger partial charge < -0.3 is 15.6 Å². The van der Waals surface area contributed by atoms with Crippen molar-refractivity contribution in [3.63, 3.8) is 0 Å². The highest BCUT2D eigenvalue weighted by Crippen LogP contribution is 2.29. The smallest absolute Gasteiger partial charge is 0.107 e. The van der Waals surface area contributed by atoms with Gasteiger partial charge >= 0.3 is 0 Å². The van der Waals surface area contributed by atoms with Gasteiger partial charge in [0.05, 0.1) is 6.54 Å². The molecule has 30 heavy (non-hydrogen) atoms. The minimum absolute atomic E-state index is 0.644. The Morgan fingerprint density at radius 1 is 0.933 bits per heavy atom. The molecule has 0 saturated heterocycles. The number of terminal acetylenes is 1. The standard InChI is InChI=1S/C25H25N5/c1-2-30(27-19-26)16-8-15-29(18-20-9-4-3-5-10-20)21-13-14-25-23(17-21)22-11-6-7-12-24(22)28-25/h1,3-7,9-14,17,19,28H,8,15-16,18H2,(H2,26,27). The van der Waals surface area contributed by atoms with Gasteiger partial charge in [-0.15, -0.1) is 0 Å². The van der Waals surface area contributed by atoms with Crippen LogP contribution in [0.1, 0.15) is 12.0 Å². The summed E-state index contributed by atoms with van der Waals surface area (Å²) in [6.45, 7) is 2.32. The molecule has 0 aliphatic rings. The van der Waals surface area contributed by atoms with E-state index in [0.717, 1.165) is 30.5 Å². The number of fused-ring (bicyclic) bond motifs is 3. The number of benzene rings is 3. The Hall–Kier alpha value is -3.91. The van der Waals surface area contributed by atoms with Crippen LogP contribution in [0.15, 0.2) is 77.9 Å². The summed E-state index contributed by atoms with van der Waals surface area (Å²) in [5, 5.41) is 8.00. The van der Waals surface area contributed by atoms with E-state index in [0.29, 0.717) is 6.54 Å². The van der Waals surface area contributed by atoms with Crippen molar-refractivity contribution in [3.05, 3.63) is 78.4 Å². The second-order valence-electron chi connectivity index (χ2n) is 7.18. The van der Waals surface area contributed by atoms with Crippen molar-refractivity contribution < 1.29 is 0 Å². The molecule has 4 aromatic rings. The Labute approximate surface area is 176 Å². The number of H-pyrrole nitrogens is 1. The highest BCUT2D eigenvalue weighted by Gasteiger charge is 2.11. The molecule has 0 atom stereocenters. The molecule has 0 bridgehead atoms. The number of hydrogen-bond donors (Lipinski definition) is 2. The van der Waals surface area contributed by atoms with E-state index in [1.54, 1.807) is 0 Å². The van der Waals surface area contributed by atoms with Crippen molar-refractivity contribution in [2.45, 2.75) is 13.0 Å². The molecule has 5 nitrogen and oxygen atoms in total. The fourth-order valence-electron chi connectivity index (χ4n) is 3.78. The first-order chi connectivity index (χ1) is 14.8. The summed E-state index contributed by atoms with van der Waals surface area (Å²) in [6.07, 6.45) is 7.59. The minimum atomic E-state index is 0.644. The summed E-state index contributed by atoms with van der Waals surface area (Å²) < 4.78 is 0. The van der Waals surface area contributed by atoms with Gasteiger partial charge in [-0.3, -0.25) is 0 Å². The van der Waals surface area contributed by atoms with Crippen molar-refractivity contribution in [1.29, 1.82) is 0 Å². The Kier molecular flexibility index (Phi) is 5.86. The first-order valence-corrected chi connectivity index (χ1v) is 10.1. The molecule has 1 aromatic heterocycles. The SMILES string of the molecule is C#CN(CCCN(Cc1ccccc1)c1ccc2[nH]c3ccccc3c2c1)/N=C\N. The zero-order valence-corrected chi connectivity index (χ0v) is 16.8. The van der Waals surface area contributed by atoms with Gasteiger partial charge in [-0.2, -0.15) is 5.10 Å². The lowest BCUT2D eigenvalue weighted by Gasteiger charge is -2.26. The molecule has 5 heteroatoms. The summed E-state index contributed by atoms with van der Waals surface area (Å²) in [5.41, 5.74) is 10.1. The molecule has 0 radical (unpaired) electrons. The topological polar surface area (TPSA) is 60.6 Å². The van der Waals surface area contributed by atoms with Crippen molar-refractivity contribution in [2.75, 3.05) is 18.0 Å². The number of nitrogens with two attached hydrogens (primary N) is 1. The molecule has 0 unspecified atom stereocenters. The van der Waals surface area contributed by atoms with Crippen LogP contribution in [0.2, 0.25) is 0 Å². The van der Waals surface area contributed by atoms with Crippen LogP contribution < -0.4 is 10.6 Å². The highest BCUT2D eigenvalue weighted by atomic mass is 15.4. The van der Waals surface area contributed by atoms with E-state index in [2.05, 4.69) is 87.8 Å². The van der Waals surface area contributed by atoms with Gasteiger partial charge in [-0.05, 0) is 36.2 Å². The predicted octanol–water partition coefficient (Wildman–Crippen LogP) is 4.51. The van der Waals surface area contributed by atoms with Crippen LogP contribution in [-0.4, -0.2) is 29.4 Å². The van der Waals surface area contributed by atoms with Crippen LogP contribution in [0.3, 0.4) is 0 Å². The first kappa shape index (κ1) is 19.4. The second kappa shape index (κ2) is 9.06. The van der Waals surface area contributed by atoms with Crippen LogP contribution in [0.4, 0.5) is 5.69 Å². The molecule has 0 spiro atoms. The summed E-state index contributed by atoms with van der Waals surface area (Å²) >= 11 is 0. The number of anilines is 1. The molecule has 0 aliphatic heterocycles.